The van der Waals surface area contributed by atoms with Crippen LogP contribution in [0.2, 0.25) is 0 Å². The summed E-state index contributed by atoms with van der Waals surface area (Å²) in [4.78, 5) is 2.25. The van der Waals surface area contributed by atoms with Crippen LogP contribution in [0, 0.1) is 10.8 Å². The van der Waals surface area contributed by atoms with Crippen LogP contribution in [0.1, 0.15) is 26.2 Å². The van der Waals surface area contributed by atoms with Gasteiger partial charge >= 0.3 is 0 Å². The first kappa shape index (κ1) is 11.4. The molecular formula is C10H20FN3. The summed E-state index contributed by atoms with van der Waals surface area (Å²) in [5.41, 5.74) is 5.43. The third-order valence-electron chi connectivity index (χ3n) is 3.22. The zero-order chi connectivity index (χ0) is 10.6. The average molecular weight is 201 g/mol. The molecule has 1 saturated heterocycles. The fraction of sp³-hybridized carbons (Fsp3) is 0.900. The van der Waals surface area contributed by atoms with Crippen molar-refractivity contribution in [3.8, 4) is 0 Å². The number of nitrogens with two attached hydrogens (primary N) is 1. The van der Waals surface area contributed by atoms with Crippen LogP contribution in [0.5, 0.6) is 0 Å². The number of halogens is 1. The Morgan fingerprint density at radius 3 is 2.50 bits per heavy atom. The number of amidine groups is 1. The van der Waals surface area contributed by atoms with E-state index in [0.29, 0.717) is 12.3 Å². The first-order valence-electron chi connectivity index (χ1n) is 5.21. The van der Waals surface area contributed by atoms with E-state index in [0.717, 1.165) is 32.5 Å². The molecule has 0 unspecified atom stereocenters. The normalized spacial score (nSPS) is 22.1. The van der Waals surface area contributed by atoms with Crippen molar-refractivity contribution in [2.45, 2.75) is 26.2 Å². The lowest BCUT2D eigenvalue weighted by atomic mass is 9.79. The van der Waals surface area contributed by atoms with E-state index >= 15 is 0 Å². The fourth-order valence-corrected chi connectivity index (χ4v) is 1.82. The van der Waals surface area contributed by atoms with E-state index in [-0.39, 0.29) is 12.1 Å². The minimum atomic E-state index is -0.236. The minimum absolute atomic E-state index is 0.119. The quantitative estimate of drug-likeness (QED) is 0.533. The first-order valence-corrected chi connectivity index (χ1v) is 5.21. The van der Waals surface area contributed by atoms with Gasteiger partial charge in [0, 0.05) is 12.0 Å². The Morgan fingerprint density at radius 1 is 1.50 bits per heavy atom. The summed E-state index contributed by atoms with van der Waals surface area (Å²) in [6, 6.07) is 0. The highest BCUT2D eigenvalue weighted by atomic mass is 19.1. The Balaban J connectivity index is 2.34. The fourth-order valence-electron chi connectivity index (χ4n) is 1.82. The van der Waals surface area contributed by atoms with Gasteiger partial charge in [-0.2, -0.15) is 0 Å². The lowest BCUT2D eigenvalue weighted by Crippen LogP contribution is -2.45. The molecular weight excluding hydrogens is 181 g/mol. The number of hydrogen-bond donors (Lipinski definition) is 2. The second kappa shape index (κ2) is 4.73. The third kappa shape index (κ3) is 2.67. The molecule has 1 aliphatic rings. The second-order valence-electron chi connectivity index (χ2n) is 4.36. The Labute approximate surface area is 85.0 Å². The molecule has 0 aromatic rings. The number of alkyl halides is 1. The predicted molar refractivity (Wildman–Crippen MR) is 56.3 cm³/mol. The third-order valence-corrected chi connectivity index (χ3v) is 3.22. The van der Waals surface area contributed by atoms with Gasteiger partial charge in [-0.25, -0.2) is 0 Å². The zero-order valence-electron chi connectivity index (χ0n) is 8.85. The van der Waals surface area contributed by atoms with E-state index in [2.05, 4.69) is 4.90 Å². The maximum atomic E-state index is 11.9. The van der Waals surface area contributed by atoms with Gasteiger partial charge in [0.1, 0.15) is 0 Å². The van der Waals surface area contributed by atoms with Gasteiger partial charge < -0.3 is 10.6 Å². The number of piperidine rings is 1. The Morgan fingerprint density at radius 2 is 2.07 bits per heavy atom. The summed E-state index contributed by atoms with van der Waals surface area (Å²) in [5, 5.41) is 7.49. The van der Waals surface area contributed by atoms with E-state index in [1.54, 1.807) is 0 Å². The van der Waals surface area contributed by atoms with Gasteiger partial charge in [0.15, 0.2) is 0 Å². The van der Waals surface area contributed by atoms with Crippen molar-refractivity contribution in [1.82, 2.24) is 4.90 Å². The molecule has 1 rings (SSSR count). The highest BCUT2D eigenvalue weighted by Crippen LogP contribution is 2.30. The molecule has 0 spiro atoms. The van der Waals surface area contributed by atoms with Crippen molar-refractivity contribution in [1.29, 1.82) is 5.41 Å². The summed E-state index contributed by atoms with van der Waals surface area (Å²) in [5.74, 6) is 0.294. The topological polar surface area (TPSA) is 53.1 Å². The van der Waals surface area contributed by atoms with E-state index in [4.69, 9.17) is 11.1 Å². The molecule has 1 aliphatic heterocycles. The molecule has 0 radical (unpaired) electrons. The second-order valence-corrected chi connectivity index (χ2v) is 4.36. The molecule has 0 saturated carbocycles. The molecule has 0 atom stereocenters. The van der Waals surface area contributed by atoms with E-state index < -0.39 is 0 Å². The van der Waals surface area contributed by atoms with Crippen molar-refractivity contribution in [3.63, 3.8) is 0 Å². The molecule has 82 valence electrons. The van der Waals surface area contributed by atoms with E-state index in [9.17, 15) is 4.39 Å². The summed E-state index contributed by atoms with van der Waals surface area (Å²) in [7, 11) is 0. The van der Waals surface area contributed by atoms with Crippen LogP contribution < -0.4 is 5.73 Å². The average Bonchev–Trinajstić information content (AvgIpc) is 2.17. The van der Waals surface area contributed by atoms with Crippen LogP contribution in [0.4, 0.5) is 4.39 Å². The summed E-state index contributed by atoms with van der Waals surface area (Å²) in [6.45, 7) is 4.53. The maximum Gasteiger partial charge on any atom is 0.0966 e. The summed E-state index contributed by atoms with van der Waals surface area (Å²) >= 11 is 0. The molecule has 0 aromatic heterocycles. The molecule has 3 nitrogen and oxygen atoms in total. The molecule has 14 heavy (non-hydrogen) atoms. The number of nitrogens with one attached hydrogen (secondary N) is 1. The van der Waals surface area contributed by atoms with Crippen LogP contribution in [-0.4, -0.2) is 37.0 Å². The molecule has 0 aliphatic carbocycles. The molecule has 0 amide bonds. The van der Waals surface area contributed by atoms with Gasteiger partial charge in [-0.3, -0.25) is 9.80 Å². The van der Waals surface area contributed by atoms with Crippen molar-refractivity contribution in [3.05, 3.63) is 0 Å². The zero-order valence-corrected chi connectivity index (χ0v) is 8.85. The summed E-state index contributed by atoms with van der Waals surface area (Å²) in [6.07, 6.45) is 2.47. The first-order chi connectivity index (χ1) is 6.58. The van der Waals surface area contributed by atoms with Crippen LogP contribution >= 0.6 is 0 Å². The molecule has 0 aromatic carbocycles. The van der Waals surface area contributed by atoms with Crippen LogP contribution in [0.25, 0.3) is 0 Å². The molecule has 3 N–H and O–H groups in total. The van der Waals surface area contributed by atoms with Crippen LogP contribution in [-0.2, 0) is 0 Å². The molecule has 1 fully saturated rings. The smallest absolute Gasteiger partial charge is 0.0966 e. The highest BCUT2D eigenvalue weighted by Gasteiger charge is 2.32. The molecule has 1 heterocycles. The number of hydrogen-bond acceptors (Lipinski definition) is 2. The van der Waals surface area contributed by atoms with E-state index in [1.807, 2.05) is 6.92 Å². The van der Waals surface area contributed by atoms with Crippen LogP contribution in [0.15, 0.2) is 0 Å². The van der Waals surface area contributed by atoms with Crippen LogP contribution in [0.3, 0.4) is 0 Å². The monoisotopic (exact) mass is 201 g/mol. The van der Waals surface area contributed by atoms with Gasteiger partial charge in [-0.05, 0) is 32.4 Å². The Hall–Kier alpha value is -0.640. The summed E-state index contributed by atoms with van der Waals surface area (Å²) < 4.78 is 11.9. The number of likely N-dealkylation sites (tertiary alicyclic amines) is 1. The lowest BCUT2D eigenvalue weighted by Gasteiger charge is -2.38. The maximum absolute atomic E-state index is 11.9. The lowest BCUT2D eigenvalue weighted by molar-refractivity contribution is 0.157. The van der Waals surface area contributed by atoms with Gasteiger partial charge in [-0.1, -0.05) is 6.92 Å². The number of rotatable bonds is 4. The van der Waals surface area contributed by atoms with Gasteiger partial charge in [-0.15, -0.1) is 0 Å². The van der Waals surface area contributed by atoms with Crippen molar-refractivity contribution < 1.29 is 4.39 Å². The minimum Gasteiger partial charge on any atom is -0.387 e. The van der Waals surface area contributed by atoms with Gasteiger partial charge in [0.05, 0.1) is 12.5 Å². The largest absolute Gasteiger partial charge is 0.387 e. The standard InChI is InChI=1S/C10H20FN3/c1-10(9(12)13)3-7-14(8-4-10)6-2-5-11/h2-8H2,1H3,(H3,12,13). The predicted octanol–water partition coefficient (Wildman–Crippen LogP) is 1.38. The highest BCUT2D eigenvalue weighted by molar-refractivity contribution is 5.83. The Bertz CT molecular complexity index is 198. The SMILES string of the molecule is CC1(C(=N)N)CCN(CCCF)CC1. The van der Waals surface area contributed by atoms with E-state index in [1.165, 1.54) is 0 Å². The van der Waals surface area contributed by atoms with Crippen molar-refractivity contribution in [2.24, 2.45) is 11.1 Å². The Kier molecular flexibility index (Phi) is 3.86. The number of nitrogens with zero attached hydrogens (tertiary/aromatic N) is 1. The van der Waals surface area contributed by atoms with Gasteiger partial charge in [0.25, 0.3) is 0 Å². The molecule has 0 bridgehead atoms. The van der Waals surface area contributed by atoms with Gasteiger partial charge in [0.2, 0.25) is 0 Å². The van der Waals surface area contributed by atoms with Crippen molar-refractivity contribution >= 4 is 5.84 Å². The van der Waals surface area contributed by atoms with Crippen molar-refractivity contribution in [2.75, 3.05) is 26.3 Å². The molecule has 4 heteroatoms.